The van der Waals surface area contributed by atoms with E-state index >= 15 is 0 Å². The van der Waals surface area contributed by atoms with Crippen LogP contribution in [0.25, 0.3) is 0 Å². The van der Waals surface area contributed by atoms with Crippen LogP contribution in [-0.4, -0.2) is 45.9 Å². The van der Waals surface area contributed by atoms with Crippen LogP contribution in [0.2, 0.25) is 5.02 Å². The number of hydrogen-bond donors (Lipinski definition) is 3. The van der Waals surface area contributed by atoms with E-state index in [1.165, 1.54) is 22.1 Å². The first kappa shape index (κ1) is 24.2. The Hall–Kier alpha value is -3.93. The summed E-state index contributed by atoms with van der Waals surface area (Å²) >= 11 is 6.30. The van der Waals surface area contributed by atoms with E-state index in [2.05, 4.69) is 31.0 Å². The standard InChI is InChI=1S/C22H25ClFN9O2/c1-22(2,3)33-11-13(9-27-33)28-20(34)29-16-7-17(14(23)6-15(16)24)32-10-12-8-26-19(25-4)30-18(12)31(5)21(32)35/h6-9,11H,10H2,1-5H3,(H,25,26,30)(H2,28,29,34). The van der Waals surface area contributed by atoms with Gasteiger partial charge in [-0.2, -0.15) is 10.1 Å². The molecule has 1 aliphatic rings. The number of aromatic nitrogens is 4. The topological polar surface area (TPSA) is 120 Å². The summed E-state index contributed by atoms with van der Waals surface area (Å²) in [7, 11) is 3.25. The van der Waals surface area contributed by atoms with Crippen LogP contribution >= 0.6 is 11.6 Å². The van der Waals surface area contributed by atoms with Crippen molar-refractivity contribution in [3.05, 3.63) is 47.1 Å². The van der Waals surface area contributed by atoms with Gasteiger partial charge in [0.2, 0.25) is 5.95 Å². The van der Waals surface area contributed by atoms with Gasteiger partial charge in [0.25, 0.3) is 0 Å². The summed E-state index contributed by atoms with van der Waals surface area (Å²) in [5.74, 6) is 0.0825. The molecule has 4 rings (SSSR count). The fourth-order valence-electron chi connectivity index (χ4n) is 3.50. The molecule has 0 unspecified atom stereocenters. The van der Waals surface area contributed by atoms with Gasteiger partial charge in [-0.3, -0.25) is 14.5 Å². The van der Waals surface area contributed by atoms with Gasteiger partial charge in [-0.25, -0.2) is 19.0 Å². The number of amides is 4. The molecule has 35 heavy (non-hydrogen) atoms. The second-order valence-corrected chi connectivity index (χ2v) is 9.33. The summed E-state index contributed by atoms with van der Waals surface area (Å²) in [4.78, 5) is 36.9. The Morgan fingerprint density at radius 3 is 2.60 bits per heavy atom. The molecular weight excluding hydrogens is 477 g/mol. The molecule has 13 heteroatoms. The van der Waals surface area contributed by atoms with Gasteiger partial charge in [-0.15, -0.1) is 0 Å². The van der Waals surface area contributed by atoms with Crippen LogP contribution in [0.3, 0.4) is 0 Å². The number of rotatable bonds is 4. The number of halogens is 2. The minimum Gasteiger partial charge on any atom is -0.357 e. The molecule has 3 N–H and O–H groups in total. The number of carbonyl (C=O) groups excluding carboxylic acids is 2. The molecule has 3 heterocycles. The van der Waals surface area contributed by atoms with Gasteiger partial charge in [0, 0.05) is 32.1 Å². The summed E-state index contributed by atoms with van der Waals surface area (Å²) in [6.07, 6.45) is 4.77. The van der Waals surface area contributed by atoms with E-state index in [1.807, 2.05) is 20.8 Å². The van der Waals surface area contributed by atoms with Crippen LogP contribution < -0.4 is 25.8 Å². The number of anilines is 5. The van der Waals surface area contributed by atoms with Gasteiger partial charge in [0.1, 0.15) is 11.6 Å². The van der Waals surface area contributed by atoms with E-state index in [4.69, 9.17) is 11.6 Å². The number of carbonyl (C=O) groups is 2. The van der Waals surface area contributed by atoms with Crippen molar-refractivity contribution >= 4 is 52.5 Å². The molecule has 1 aliphatic heterocycles. The highest BCUT2D eigenvalue weighted by Crippen LogP contribution is 2.36. The summed E-state index contributed by atoms with van der Waals surface area (Å²) in [5.41, 5.74) is 0.935. The lowest BCUT2D eigenvalue weighted by atomic mass is 10.1. The average molecular weight is 502 g/mol. The number of fused-ring (bicyclic) bond motifs is 1. The van der Waals surface area contributed by atoms with Crippen molar-refractivity contribution in [3.8, 4) is 0 Å². The quantitative estimate of drug-likeness (QED) is 0.484. The zero-order valence-electron chi connectivity index (χ0n) is 19.8. The highest BCUT2D eigenvalue weighted by atomic mass is 35.5. The van der Waals surface area contributed by atoms with Gasteiger partial charge < -0.3 is 16.0 Å². The molecule has 2 aromatic heterocycles. The Labute approximate surface area is 206 Å². The van der Waals surface area contributed by atoms with E-state index in [0.29, 0.717) is 23.0 Å². The number of nitrogens with one attached hydrogen (secondary N) is 3. The molecule has 11 nitrogen and oxygen atoms in total. The molecule has 0 saturated heterocycles. The largest absolute Gasteiger partial charge is 0.357 e. The lowest BCUT2D eigenvalue weighted by Gasteiger charge is -2.34. The minimum atomic E-state index is -0.750. The molecule has 3 aromatic rings. The molecule has 0 saturated carbocycles. The summed E-state index contributed by atoms with van der Waals surface area (Å²) in [5, 5.41) is 12.2. The van der Waals surface area contributed by atoms with Crippen molar-refractivity contribution in [2.24, 2.45) is 0 Å². The fraction of sp³-hybridized carbons (Fsp3) is 0.318. The van der Waals surface area contributed by atoms with Crippen LogP contribution in [0.4, 0.5) is 42.8 Å². The van der Waals surface area contributed by atoms with Gasteiger partial charge in [0.05, 0.1) is 40.4 Å². The average Bonchev–Trinajstić information content (AvgIpc) is 3.27. The monoisotopic (exact) mass is 501 g/mol. The van der Waals surface area contributed by atoms with Gasteiger partial charge >= 0.3 is 12.1 Å². The number of urea groups is 2. The molecule has 0 atom stereocenters. The fourth-order valence-corrected chi connectivity index (χ4v) is 3.75. The predicted molar refractivity (Wildman–Crippen MR) is 133 cm³/mol. The first-order valence-corrected chi connectivity index (χ1v) is 11.1. The Morgan fingerprint density at radius 1 is 1.20 bits per heavy atom. The number of nitrogens with zero attached hydrogens (tertiary/aromatic N) is 6. The van der Waals surface area contributed by atoms with Gasteiger partial charge in [-0.05, 0) is 32.9 Å². The van der Waals surface area contributed by atoms with Crippen molar-refractivity contribution in [3.63, 3.8) is 0 Å². The third kappa shape index (κ3) is 4.83. The van der Waals surface area contributed by atoms with Crippen LogP contribution in [0.15, 0.2) is 30.7 Å². The SMILES string of the molecule is CNc1ncc2c(n1)N(C)C(=O)N(c1cc(NC(=O)Nc3cnn(C(C)(C)C)c3)c(F)cc1Cl)C2. The second kappa shape index (κ2) is 9.02. The van der Waals surface area contributed by atoms with Crippen molar-refractivity contribution in [1.29, 1.82) is 0 Å². The molecule has 0 aliphatic carbocycles. The Kier molecular flexibility index (Phi) is 6.24. The van der Waals surface area contributed by atoms with Gasteiger partial charge in [-0.1, -0.05) is 11.6 Å². The smallest absolute Gasteiger partial charge is 0.330 e. The van der Waals surface area contributed by atoms with E-state index < -0.39 is 17.9 Å². The Bertz CT molecular complexity index is 1300. The van der Waals surface area contributed by atoms with Crippen LogP contribution in [0.1, 0.15) is 26.3 Å². The second-order valence-electron chi connectivity index (χ2n) is 8.93. The maximum atomic E-state index is 14.7. The lowest BCUT2D eigenvalue weighted by Crippen LogP contribution is -2.46. The number of benzene rings is 1. The highest BCUT2D eigenvalue weighted by Gasteiger charge is 2.32. The van der Waals surface area contributed by atoms with Crippen LogP contribution in [-0.2, 0) is 12.1 Å². The molecule has 0 bridgehead atoms. The van der Waals surface area contributed by atoms with Crippen molar-refractivity contribution in [1.82, 2.24) is 19.7 Å². The molecule has 1 aromatic carbocycles. The molecular formula is C22H25ClFN9O2. The van der Waals surface area contributed by atoms with Gasteiger partial charge in [0.15, 0.2) is 0 Å². The van der Waals surface area contributed by atoms with E-state index in [1.54, 1.807) is 31.2 Å². The maximum Gasteiger partial charge on any atom is 0.330 e. The first-order valence-electron chi connectivity index (χ1n) is 10.7. The Morgan fingerprint density at radius 2 is 1.94 bits per heavy atom. The molecule has 4 amide bonds. The molecule has 0 fully saturated rings. The first-order chi connectivity index (χ1) is 16.5. The summed E-state index contributed by atoms with van der Waals surface area (Å²) in [6.45, 7) is 6.03. The lowest BCUT2D eigenvalue weighted by molar-refractivity contribution is 0.251. The maximum absolute atomic E-state index is 14.7. The van der Waals surface area contributed by atoms with E-state index in [-0.39, 0.29) is 28.5 Å². The van der Waals surface area contributed by atoms with Crippen molar-refractivity contribution in [2.45, 2.75) is 32.9 Å². The van der Waals surface area contributed by atoms with E-state index in [0.717, 1.165) is 6.07 Å². The Balaban J connectivity index is 1.57. The van der Waals surface area contributed by atoms with Crippen LogP contribution in [0.5, 0.6) is 0 Å². The van der Waals surface area contributed by atoms with E-state index in [9.17, 15) is 14.0 Å². The zero-order valence-corrected chi connectivity index (χ0v) is 20.6. The third-order valence-corrected chi connectivity index (χ3v) is 5.64. The molecule has 0 spiro atoms. The zero-order chi connectivity index (χ0) is 25.5. The number of hydrogen-bond acceptors (Lipinski definition) is 6. The van der Waals surface area contributed by atoms with Crippen molar-refractivity contribution in [2.75, 3.05) is 39.8 Å². The minimum absolute atomic E-state index is 0.0119. The van der Waals surface area contributed by atoms with Crippen LogP contribution in [0, 0.1) is 5.82 Å². The summed E-state index contributed by atoms with van der Waals surface area (Å²) < 4.78 is 16.4. The summed E-state index contributed by atoms with van der Waals surface area (Å²) in [6, 6.07) is 1.27. The third-order valence-electron chi connectivity index (χ3n) is 5.33. The highest BCUT2D eigenvalue weighted by molar-refractivity contribution is 6.34. The molecule has 184 valence electrons. The predicted octanol–water partition coefficient (Wildman–Crippen LogP) is 4.48. The molecule has 0 radical (unpaired) electrons. The normalized spacial score (nSPS) is 13.5. The van der Waals surface area contributed by atoms with Crippen molar-refractivity contribution < 1.29 is 14.0 Å².